The summed E-state index contributed by atoms with van der Waals surface area (Å²) in [6.07, 6.45) is 2.99. The molecule has 2 aromatic carbocycles. The quantitative estimate of drug-likeness (QED) is 0.366. The zero-order valence-electron chi connectivity index (χ0n) is 20.3. The number of carboxylic acid groups (broad SMARTS) is 1. The van der Waals surface area contributed by atoms with E-state index in [9.17, 15) is 18.3 Å². The summed E-state index contributed by atoms with van der Waals surface area (Å²) in [6, 6.07) is 11.9. The van der Waals surface area contributed by atoms with Crippen LogP contribution < -0.4 is 4.74 Å². The first kappa shape index (κ1) is 27.0. The van der Waals surface area contributed by atoms with Crippen LogP contribution in [-0.2, 0) is 27.8 Å². The van der Waals surface area contributed by atoms with Gasteiger partial charge in [-0.15, -0.1) is 0 Å². The fourth-order valence-electron chi connectivity index (χ4n) is 3.92. The summed E-state index contributed by atoms with van der Waals surface area (Å²) in [6.45, 7) is 3.64. The topological polar surface area (TPSA) is 92.1 Å². The maximum atomic E-state index is 13.2. The maximum Gasteiger partial charge on any atom is 0.323 e. The molecule has 1 heterocycles. The number of carbonyl (C=O) groups is 1. The van der Waals surface area contributed by atoms with Gasteiger partial charge in [0, 0.05) is 41.8 Å². The van der Waals surface area contributed by atoms with Crippen molar-refractivity contribution in [3.8, 4) is 5.75 Å². The van der Waals surface area contributed by atoms with Crippen molar-refractivity contribution >= 4 is 38.5 Å². The standard InChI is InChI=1S/C25H32ClN3O5S/c1-4-29(35(32,33)22-10-8-21(9-11-22)34-15-14-27(2)3)13-5-6-19-17-28(18-25(30)31)24-12-7-20(26)16-23(19)24/h7-12,16-17H,4-6,13-15,18H2,1-3H3,(H,30,31). The van der Waals surface area contributed by atoms with Crippen molar-refractivity contribution in [3.63, 3.8) is 0 Å². The molecular weight excluding hydrogens is 490 g/mol. The van der Waals surface area contributed by atoms with E-state index in [4.69, 9.17) is 16.3 Å². The van der Waals surface area contributed by atoms with Gasteiger partial charge in [-0.05, 0) is 75.0 Å². The normalized spacial score (nSPS) is 12.1. The summed E-state index contributed by atoms with van der Waals surface area (Å²) in [4.78, 5) is 13.5. The third kappa shape index (κ3) is 6.98. The van der Waals surface area contributed by atoms with Gasteiger partial charge in [-0.1, -0.05) is 18.5 Å². The van der Waals surface area contributed by atoms with Crippen molar-refractivity contribution in [1.29, 1.82) is 0 Å². The van der Waals surface area contributed by atoms with Crippen LogP contribution >= 0.6 is 11.6 Å². The number of carboxylic acids is 1. The van der Waals surface area contributed by atoms with Crippen LogP contribution in [0.2, 0.25) is 5.02 Å². The highest BCUT2D eigenvalue weighted by atomic mass is 35.5. The van der Waals surface area contributed by atoms with Crippen LogP contribution in [0.5, 0.6) is 5.75 Å². The number of sulfonamides is 1. The third-order valence-electron chi connectivity index (χ3n) is 5.71. The van der Waals surface area contributed by atoms with Gasteiger partial charge in [0.2, 0.25) is 10.0 Å². The molecule has 0 fully saturated rings. The Bertz CT molecular complexity index is 1260. The number of hydrogen-bond donors (Lipinski definition) is 1. The predicted molar refractivity (Wildman–Crippen MR) is 138 cm³/mol. The molecule has 0 spiro atoms. The van der Waals surface area contributed by atoms with E-state index in [2.05, 4.69) is 0 Å². The lowest BCUT2D eigenvalue weighted by Crippen LogP contribution is -2.32. The Kier molecular flexibility index (Phi) is 9.18. The molecule has 1 N–H and O–H groups in total. The SMILES string of the molecule is CCN(CCCc1cn(CC(=O)O)c2ccc(Cl)cc12)S(=O)(=O)c1ccc(OCCN(C)C)cc1. The average Bonchev–Trinajstić information content (AvgIpc) is 3.12. The van der Waals surface area contributed by atoms with Gasteiger partial charge in [-0.2, -0.15) is 4.31 Å². The highest BCUT2D eigenvalue weighted by Gasteiger charge is 2.23. The Labute approximate surface area is 211 Å². The molecule has 0 amide bonds. The fourth-order valence-corrected chi connectivity index (χ4v) is 5.58. The van der Waals surface area contributed by atoms with E-state index in [-0.39, 0.29) is 11.4 Å². The summed E-state index contributed by atoms with van der Waals surface area (Å²) in [5.41, 5.74) is 1.73. The first-order chi connectivity index (χ1) is 16.6. The monoisotopic (exact) mass is 521 g/mol. The van der Waals surface area contributed by atoms with Crippen LogP contribution in [0.4, 0.5) is 0 Å². The van der Waals surface area contributed by atoms with Gasteiger partial charge in [0.1, 0.15) is 18.9 Å². The number of nitrogens with zero attached hydrogens (tertiary/aromatic N) is 3. The van der Waals surface area contributed by atoms with E-state index in [1.165, 1.54) is 4.31 Å². The number of benzene rings is 2. The molecule has 0 saturated carbocycles. The number of rotatable bonds is 13. The van der Waals surface area contributed by atoms with Crippen molar-refractivity contribution in [2.24, 2.45) is 0 Å². The Balaban J connectivity index is 1.68. The van der Waals surface area contributed by atoms with Crippen LogP contribution in [0.25, 0.3) is 10.9 Å². The van der Waals surface area contributed by atoms with E-state index in [1.807, 2.05) is 38.2 Å². The molecule has 0 saturated heterocycles. The van der Waals surface area contributed by atoms with Gasteiger partial charge in [0.25, 0.3) is 0 Å². The number of likely N-dealkylation sites (N-methyl/N-ethyl adjacent to an activating group) is 1. The average molecular weight is 522 g/mol. The Morgan fingerprint density at radius 2 is 1.83 bits per heavy atom. The van der Waals surface area contributed by atoms with Gasteiger partial charge in [-0.3, -0.25) is 4.79 Å². The molecule has 0 bridgehead atoms. The predicted octanol–water partition coefficient (Wildman–Crippen LogP) is 3.96. The zero-order valence-corrected chi connectivity index (χ0v) is 21.8. The smallest absolute Gasteiger partial charge is 0.323 e. The number of fused-ring (bicyclic) bond motifs is 1. The maximum absolute atomic E-state index is 13.2. The van der Waals surface area contributed by atoms with Crippen molar-refractivity contribution < 1.29 is 23.1 Å². The minimum Gasteiger partial charge on any atom is -0.492 e. The van der Waals surface area contributed by atoms with Gasteiger partial charge >= 0.3 is 5.97 Å². The highest BCUT2D eigenvalue weighted by Crippen LogP contribution is 2.27. The molecule has 0 aliphatic carbocycles. The van der Waals surface area contributed by atoms with Crippen molar-refractivity contribution in [2.75, 3.05) is 40.3 Å². The first-order valence-corrected chi connectivity index (χ1v) is 13.3. The third-order valence-corrected chi connectivity index (χ3v) is 7.93. The molecule has 0 unspecified atom stereocenters. The van der Waals surface area contributed by atoms with E-state index < -0.39 is 16.0 Å². The highest BCUT2D eigenvalue weighted by molar-refractivity contribution is 7.89. The van der Waals surface area contributed by atoms with E-state index in [0.29, 0.717) is 43.3 Å². The van der Waals surface area contributed by atoms with Crippen LogP contribution in [-0.4, -0.2) is 73.6 Å². The molecule has 0 aliphatic rings. The minimum atomic E-state index is -3.65. The molecule has 3 rings (SSSR count). The zero-order chi connectivity index (χ0) is 25.6. The molecule has 190 valence electrons. The van der Waals surface area contributed by atoms with Gasteiger partial charge in [0.15, 0.2) is 0 Å². The number of ether oxygens (including phenoxy) is 1. The molecule has 1 aromatic heterocycles. The second kappa shape index (κ2) is 11.9. The van der Waals surface area contributed by atoms with Gasteiger partial charge in [0.05, 0.1) is 4.90 Å². The minimum absolute atomic E-state index is 0.150. The van der Waals surface area contributed by atoms with Crippen LogP contribution in [0.3, 0.4) is 0 Å². The lowest BCUT2D eigenvalue weighted by molar-refractivity contribution is -0.137. The number of aromatic nitrogens is 1. The Morgan fingerprint density at radius 3 is 2.46 bits per heavy atom. The van der Waals surface area contributed by atoms with E-state index in [0.717, 1.165) is 23.0 Å². The summed E-state index contributed by atoms with van der Waals surface area (Å²) in [5, 5.41) is 10.7. The molecule has 0 aliphatic heterocycles. The molecular formula is C25H32ClN3O5S. The molecule has 8 nitrogen and oxygen atoms in total. The van der Waals surface area contributed by atoms with E-state index in [1.54, 1.807) is 41.0 Å². The van der Waals surface area contributed by atoms with Crippen molar-refractivity contribution in [2.45, 2.75) is 31.2 Å². The van der Waals surface area contributed by atoms with Gasteiger partial charge in [-0.25, -0.2) is 8.42 Å². The first-order valence-electron chi connectivity index (χ1n) is 11.5. The Hall–Kier alpha value is -2.59. The summed E-state index contributed by atoms with van der Waals surface area (Å²) in [7, 11) is 0.269. The van der Waals surface area contributed by atoms with Crippen LogP contribution in [0, 0.1) is 0 Å². The Morgan fingerprint density at radius 1 is 1.11 bits per heavy atom. The molecule has 0 atom stereocenters. The molecule has 35 heavy (non-hydrogen) atoms. The number of aliphatic carboxylic acids is 1. The van der Waals surface area contributed by atoms with Crippen molar-refractivity contribution in [1.82, 2.24) is 13.8 Å². The summed E-state index contributed by atoms with van der Waals surface area (Å²) in [5.74, 6) is -0.300. The second-order valence-electron chi connectivity index (χ2n) is 8.56. The van der Waals surface area contributed by atoms with Crippen LogP contribution in [0.15, 0.2) is 53.6 Å². The molecule has 0 radical (unpaired) electrons. The lowest BCUT2D eigenvalue weighted by atomic mass is 10.1. The number of aryl methyl sites for hydroxylation is 1. The van der Waals surface area contributed by atoms with E-state index >= 15 is 0 Å². The summed E-state index contributed by atoms with van der Waals surface area (Å²) >= 11 is 6.17. The number of halogens is 1. The summed E-state index contributed by atoms with van der Waals surface area (Å²) < 4.78 is 35.2. The largest absolute Gasteiger partial charge is 0.492 e. The fraction of sp³-hybridized carbons (Fsp3) is 0.400. The van der Waals surface area contributed by atoms with Crippen molar-refractivity contribution in [3.05, 3.63) is 59.2 Å². The lowest BCUT2D eigenvalue weighted by Gasteiger charge is -2.20. The van der Waals surface area contributed by atoms with Crippen LogP contribution in [0.1, 0.15) is 18.9 Å². The molecule has 3 aromatic rings. The molecule has 10 heteroatoms. The number of hydrogen-bond acceptors (Lipinski definition) is 5. The second-order valence-corrected chi connectivity index (χ2v) is 10.9. The van der Waals surface area contributed by atoms with Gasteiger partial charge < -0.3 is 19.3 Å².